The van der Waals surface area contributed by atoms with Gasteiger partial charge in [0.2, 0.25) is 0 Å². The van der Waals surface area contributed by atoms with E-state index in [1.807, 2.05) is 31.2 Å². The van der Waals surface area contributed by atoms with E-state index in [0.29, 0.717) is 11.4 Å². The molecular formula is C16H16N4O2. The number of fused-ring (bicyclic) bond motifs is 1. The van der Waals surface area contributed by atoms with Crippen molar-refractivity contribution in [1.82, 2.24) is 19.4 Å². The second kappa shape index (κ2) is 5.14. The molecule has 3 rings (SSSR count). The van der Waals surface area contributed by atoms with E-state index in [2.05, 4.69) is 10.3 Å². The van der Waals surface area contributed by atoms with E-state index in [1.165, 1.54) is 0 Å². The van der Waals surface area contributed by atoms with Gasteiger partial charge >= 0.3 is 5.69 Å². The fourth-order valence-electron chi connectivity index (χ4n) is 2.56. The first-order chi connectivity index (χ1) is 10.5. The molecule has 0 aliphatic heterocycles. The van der Waals surface area contributed by atoms with Gasteiger partial charge in [-0.05, 0) is 30.7 Å². The van der Waals surface area contributed by atoms with Crippen LogP contribution in [-0.4, -0.2) is 27.1 Å². The monoisotopic (exact) mass is 296 g/mol. The predicted octanol–water partition coefficient (Wildman–Crippen LogP) is 1.39. The molecule has 0 fully saturated rings. The lowest BCUT2D eigenvalue weighted by Crippen LogP contribution is -2.23. The van der Waals surface area contributed by atoms with Crippen molar-refractivity contribution in [3.8, 4) is 5.69 Å². The highest BCUT2D eigenvalue weighted by atomic mass is 16.2. The summed E-state index contributed by atoms with van der Waals surface area (Å²) in [6.07, 6.45) is 1.56. The summed E-state index contributed by atoms with van der Waals surface area (Å²) in [5.74, 6) is -0.250. The van der Waals surface area contributed by atoms with Crippen molar-refractivity contribution >= 4 is 16.9 Å². The number of carbonyl (C=O) groups is 1. The van der Waals surface area contributed by atoms with Gasteiger partial charge in [-0.25, -0.2) is 9.78 Å². The largest absolute Gasteiger partial charge is 0.354 e. The second-order valence-electron chi connectivity index (χ2n) is 5.10. The number of hydrogen-bond acceptors (Lipinski definition) is 3. The molecule has 112 valence electrons. The molecule has 0 saturated carbocycles. The summed E-state index contributed by atoms with van der Waals surface area (Å²) in [5, 5.41) is 2.54. The second-order valence-corrected chi connectivity index (χ2v) is 5.10. The minimum atomic E-state index is -0.250. The standard InChI is InChI=1S/C16H16N4O2/c1-10-8-11(15(21)17-2)18-9-14(10)20-13-7-5-4-6-12(13)19(3)16(20)22/h4-9H,1-3H3,(H,17,21). The third kappa shape index (κ3) is 2.00. The Kier molecular flexibility index (Phi) is 3.29. The summed E-state index contributed by atoms with van der Waals surface area (Å²) < 4.78 is 3.22. The average Bonchev–Trinajstić information content (AvgIpc) is 2.79. The van der Waals surface area contributed by atoms with Gasteiger partial charge in [0, 0.05) is 14.1 Å². The van der Waals surface area contributed by atoms with Gasteiger partial charge in [0.25, 0.3) is 5.91 Å². The highest BCUT2D eigenvalue weighted by molar-refractivity contribution is 5.92. The van der Waals surface area contributed by atoms with Crippen molar-refractivity contribution in [2.24, 2.45) is 7.05 Å². The summed E-state index contributed by atoms with van der Waals surface area (Å²) in [4.78, 5) is 28.3. The Hall–Kier alpha value is -2.89. The number of nitrogens with zero attached hydrogens (tertiary/aromatic N) is 3. The summed E-state index contributed by atoms with van der Waals surface area (Å²) in [5.41, 5.74) is 3.34. The predicted molar refractivity (Wildman–Crippen MR) is 84.4 cm³/mol. The third-order valence-electron chi connectivity index (χ3n) is 3.75. The Morgan fingerprint density at radius 3 is 2.55 bits per heavy atom. The van der Waals surface area contributed by atoms with Gasteiger partial charge < -0.3 is 5.32 Å². The fraction of sp³-hybridized carbons (Fsp3) is 0.188. The van der Waals surface area contributed by atoms with Crippen LogP contribution in [0, 0.1) is 6.92 Å². The van der Waals surface area contributed by atoms with E-state index in [9.17, 15) is 9.59 Å². The molecule has 2 aromatic heterocycles. The number of imidazole rings is 1. The zero-order valence-electron chi connectivity index (χ0n) is 12.6. The zero-order chi connectivity index (χ0) is 15.9. The van der Waals surface area contributed by atoms with Crippen LogP contribution in [0.15, 0.2) is 41.3 Å². The summed E-state index contributed by atoms with van der Waals surface area (Å²) >= 11 is 0. The van der Waals surface area contributed by atoms with Crippen molar-refractivity contribution in [1.29, 1.82) is 0 Å². The van der Waals surface area contributed by atoms with Crippen LogP contribution in [0.2, 0.25) is 0 Å². The molecule has 0 spiro atoms. The zero-order valence-corrected chi connectivity index (χ0v) is 12.6. The maximum atomic E-state index is 12.5. The number of aromatic nitrogens is 3. The molecule has 0 bridgehead atoms. The molecular weight excluding hydrogens is 280 g/mol. The molecule has 3 aromatic rings. The quantitative estimate of drug-likeness (QED) is 0.777. The maximum Gasteiger partial charge on any atom is 0.333 e. The van der Waals surface area contributed by atoms with Crippen LogP contribution in [0.3, 0.4) is 0 Å². The van der Waals surface area contributed by atoms with Gasteiger partial charge in [-0.2, -0.15) is 0 Å². The van der Waals surface area contributed by atoms with Crippen LogP contribution < -0.4 is 11.0 Å². The van der Waals surface area contributed by atoms with Gasteiger partial charge in [0.15, 0.2) is 0 Å². The van der Waals surface area contributed by atoms with Crippen molar-refractivity contribution in [3.05, 3.63) is 58.3 Å². The lowest BCUT2D eigenvalue weighted by Gasteiger charge is -2.08. The van der Waals surface area contributed by atoms with Crippen LogP contribution in [0.1, 0.15) is 16.1 Å². The van der Waals surface area contributed by atoms with Crippen molar-refractivity contribution in [2.75, 3.05) is 7.05 Å². The minimum Gasteiger partial charge on any atom is -0.354 e. The van der Waals surface area contributed by atoms with Crippen LogP contribution >= 0.6 is 0 Å². The van der Waals surface area contributed by atoms with Crippen LogP contribution in [0.25, 0.3) is 16.7 Å². The molecule has 6 heteroatoms. The SMILES string of the molecule is CNC(=O)c1cc(C)c(-n2c(=O)n(C)c3ccccc32)cn1. The fourth-order valence-corrected chi connectivity index (χ4v) is 2.56. The van der Waals surface area contributed by atoms with Gasteiger partial charge in [-0.3, -0.25) is 13.9 Å². The Labute approximate surface area is 127 Å². The molecule has 0 aliphatic carbocycles. The topological polar surface area (TPSA) is 68.9 Å². The Balaban J connectivity index is 2.27. The third-order valence-corrected chi connectivity index (χ3v) is 3.75. The Morgan fingerprint density at radius 1 is 1.23 bits per heavy atom. The van der Waals surface area contributed by atoms with Crippen LogP contribution in [0.5, 0.6) is 0 Å². The Morgan fingerprint density at radius 2 is 1.91 bits per heavy atom. The van der Waals surface area contributed by atoms with Crippen molar-refractivity contribution in [2.45, 2.75) is 6.92 Å². The van der Waals surface area contributed by atoms with Gasteiger partial charge in [-0.15, -0.1) is 0 Å². The van der Waals surface area contributed by atoms with E-state index >= 15 is 0 Å². The highest BCUT2D eigenvalue weighted by Crippen LogP contribution is 2.19. The first-order valence-corrected chi connectivity index (χ1v) is 6.90. The van der Waals surface area contributed by atoms with Crippen molar-refractivity contribution in [3.63, 3.8) is 0 Å². The van der Waals surface area contributed by atoms with Crippen molar-refractivity contribution < 1.29 is 4.79 Å². The molecule has 22 heavy (non-hydrogen) atoms. The number of para-hydroxylation sites is 2. The van der Waals surface area contributed by atoms with E-state index in [1.54, 1.807) is 35.5 Å². The number of hydrogen-bond donors (Lipinski definition) is 1. The lowest BCUT2D eigenvalue weighted by atomic mass is 10.2. The van der Waals surface area contributed by atoms with E-state index in [-0.39, 0.29) is 11.6 Å². The van der Waals surface area contributed by atoms with E-state index in [0.717, 1.165) is 16.6 Å². The number of amides is 1. The lowest BCUT2D eigenvalue weighted by molar-refractivity contribution is 0.0958. The molecule has 1 N–H and O–H groups in total. The molecule has 0 atom stereocenters. The molecule has 1 amide bonds. The van der Waals surface area contributed by atoms with Gasteiger partial charge in [0.1, 0.15) is 5.69 Å². The molecule has 6 nitrogen and oxygen atoms in total. The molecule has 2 heterocycles. The number of benzene rings is 1. The van der Waals surface area contributed by atoms with Crippen LogP contribution in [0.4, 0.5) is 0 Å². The highest BCUT2D eigenvalue weighted by Gasteiger charge is 2.15. The van der Waals surface area contributed by atoms with Gasteiger partial charge in [-0.1, -0.05) is 12.1 Å². The average molecular weight is 296 g/mol. The number of nitrogens with one attached hydrogen (secondary N) is 1. The maximum absolute atomic E-state index is 12.5. The van der Waals surface area contributed by atoms with E-state index < -0.39 is 0 Å². The van der Waals surface area contributed by atoms with Gasteiger partial charge in [0.05, 0.1) is 22.9 Å². The Bertz CT molecular complexity index is 937. The molecule has 0 aliphatic rings. The summed E-state index contributed by atoms with van der Waals surface area (Å²) in [7, 11) is 3.30. The minimum absolute atomic E-state index is 0.140. The molecule has 0 saturated heterocycles. The number of aryl methyl sites for hydroxylation is 2. The number of carbonyl (C=O) groups excluding carboxylic acids is 1. The normalized spacial score (nSPS) is 10.9. The number of pyridine rings is 1. The summed E-state index contributed by atoms with van der Waals surface area (Å²) in [6, 6.07) is 9.26. The van der Waals surface area contributed by atoms with Crippen LogP contribution in [-0.2, 0) is 7.05 Å². The number of rotatable bonds is 2. The first kappa shape index (κ1) is 14.1. The van der Waals surface area contributed by atoms with E-state index in [4.69, 9.17) is 0 Å². The molecule has 0 radical (unpaired) electrons. The summed E-state index contributed by atoms with van der Waals surface area (Å²) in [6.45, 7) is 1.86. The molecule has 0 unspecified atom stereocenters. The molecule has 1 aromatic carbocycles. The first-order valence-electron chi connectivity index (χ1n) is 6.90. The smallest absolute Gasteiger partial charge is 0.333 e.